The first-order valence-electron chi connectivity index (χ1n) is 25.1. The summed E-state index contributed by atoms with van der Waals surface area (Å²) in [6, 6.07) is 0. The van der Waals surface area contributed by atoms with E-state index >= 15 is 0 Å². The van der Waals surface area contributed by atoms with Crippen molar-refractivity contribution in [3.8, 4) is 0 Å². The Morgan fingerprint density at radius 1 is 0.361 bits per heavy atom. The molecule has 0 aliphatic heterocycles. The van der Waals surface area contributed by atoms with Gasteiger partial charge in [0.2, 0.25) is 0 Å². The van der Waals surface area contributed by atoms with E-state index in [-0.39, 0.29) is 31.6 Å². The van der Waals surface area contributed by atoms with E-state index in [9.17, 15) is 14.4 Å². The Labute approximate surface area is 375 Å². The van der Waals surface area contributed by atoms with Crippen LogP contribution in [0, 0.1) is 0 Å². The molecule has 0 aromatic rings. The van der Waals surface area contributed by atoms with Gasteiger partial charge in [-0.1, -0.05) is 215 Å². The molecule has 1 unspecified atom stereocenters. The van der Waals surface area contributed by atoms with E-state index < -0.39 is 12.1 Å². The van der Waals surface area contributed by atoms with E-state index in [2.05, 4.69) is 93.7 Å². The van der Waals surface area contributed by atoms with Gasteiger partial charge < -0.3 is 14.2 Å². The molecule has 0 saturated heterocycles. The van der Waals surface area contributed by atoms with Crippen LogP contribution in [0.15, 0.2) is 85.1 Å². The molecule has 0 aliphatic rings. The van der Waals surface area contributed by atoms with Gasteiger partial charge in [-0.3, -0.25) is 14.4 Å². The molecule has 1 atom stereocenters. The van der Waals surface area contributed by atoms with Crippen LogP contribution in [0.1, 0.15) is 226 Å². The van der Waals surface area contributed by atoms with Gasteiger partial charge in [-0.2, -0.15) is 0 Å². The minimum Gasteiger partial charge on any atom is -0.462 e. The largest absolute Gasteiger partial charge is 0.462 e. The van der Waals surface area contributed by atoms with E-state index in [1.807, 2.05) is 6.08 Å². The monoisotopic (exact) mass is 849 g/mol. The summed E-state index contributed by atoms with van der Waals surface area (Å²) in [4.78, 5) is 37.7. The van der Waals surface area contributed by atoms with Crippen LogP contribution in [-0.2, 0) is 28.6 Å². The number of ether oxygens (including phenoxy) is 3. The molecule has 6 heteroatoms. The Balaban J connectivity index is 4.35. The highest BCUT2D eigenvalue weighted by molar-refractivity contribution is 5.72. The zero-order chi connectivity index (χ0) is 44.4. The zero-order valence-electron chi connectivity index (χ0n) is 39.7. The normalized spacial score (nSPS) is 12.8. The maximum absolute atomic E-state index is 12.7. The summed E-state index contributed by atoms with van der Waals surface area (Å²) in [5, 5.41) is 0. The molecular weight excluding hydrogens is 757 g/mol. The zero-order valence-corrected chi connectivity index (χ0v) is 39.7. The van der Waals surface area contributed by atoms with Crippen LogP contribution in [0.25, 0.3) is 0 Å². The molecule has 348 valence electrons. The Hall–Kier alpha value is -3.41. The van der Waals surface area contributed by atoms with Crippen molar-refractivity contribution in [2.24, 2.45) is 0 Å². The first-order chi connectivity index (χ1) is 30.0. The van der Waals surface area contributed by atoms with Crippen LogP contribution in [0.2, 0.25) is 0 Å². The van der Waals surface area contributed by atoms with Crippen molar-refractivity contribution in [1.82, 2.24) is 0 Å². The summed E-state index contributed by atoms with van der Waals surface area (Å²) >= 11 is 0. The van der Waals surface area contributed by atoms with Crippen molar-refractivity contribution < 1.29 is 28.6 Å². The van der Waals surface area contributed by atoms with Crippen LogP contribution in [0.3, 0.4) is 0 Å². The van der Waals surface area contributed by atoms with Crippen molar-refractivity contribution in [2.45, 2.75) is 232 Å². The molecule has 0 heterocycles. The molecule has 0 fully saturated rings. The second-order valence-electron chi connectivity index (χ2n) is 16.4. The first kappa shape index (κ1) is 57.6. The summed E-state index contributed by atoms with van der Waals surface area (Å²) in [7, 11) is 0. The molecule has 0 N–H and O–H groups in total. The standard InChI is InChI=1S/C55H92O6/c1-4-7-10-13-16-18-20-22-24-25-26-27-28-29-31-32-34-36-39-42-45-48-54(57)60-51-52(50-59-53(56)47-44-41-38-15-12-9-6-3)61-55(58)49-46-43-40-37-35-33-30-23-21-19-17-14-11-8-5-2/h8,11,17,19-20,22-23,25-26,30,35,37,43,46,52H,4-7,9-10,12-16,18,21,24,27-29,31-34,36,38-42,44-45,47-51H2,1-3H3/b11-8-,19-17-,22-20-,26-25-,30-23-,37-35-,46-43-. The Kier molecular flexibility index (Phi) is 46.5. The number of rotatable bonds is 44. The fourth-order valence-electron chi connectivity index (χ4n) is 6.66. The molecule has 0 aromatic heterocycles. The van der Waals surface area contributed by atoms with Crippen molar-refractivity contribution in [3.05, 3.63) is 85.1 Å². The van der Waals surface area contributed by atoms with E-state index in [0.717, 1.165) is 77.0 Å². The SMILES string of the molecule is CC/C=C\C/C=C\C/C=C\C/C=C\C/C=C\CC(=O)OC(COC(=O)CCCCCCCCC)COC(=O)CCCCCCCCCCC/C=C\C/C=C\CCCCCCC. The second kappa shape index (κ2) is 49.2. The van der Waals surface area contributed by atoms with Gasteiger partial charge in [0, 0.05) is 12.8 Å². The van der Waals surface area contributed by atoms with Crippen molar-refractivity contribution in [1.29, 1.82) is 0 Å². The lowest BCUT2D eigenvalue weighted by molar-refractivity contribution is -0.166. The van der Waals surface area contributed by atoms with Crippen molar-refractivity contribution in [3.63, 3.8) is 0 Å². The molecule has 0 amide bonds. The van der Waals surface area contributed by atoms with Crippen LogP contribution >= 0.6 is 0 Å². The minimum absolute atomic E-state index is 0.0960. The molecule has 61 heavy (non-hydrogen) atoms. The quantitative estimate of drug-likeness (QED) is 0.0263. The van der Waals surface area contributed by atoms with E-state index in [1.54, 1.807) is 6.08 Å². The smallest absolute Gasteiger partial charge is 0.310 e. The molecule has 6 nitrogen and oxygen atoms in total. The number of esters is 3. The number of hydrogen-bond donors (Lipinski definition) is 0. The molecule has 0 saturated carbocycles. The summed E-state index contributed by atoms with van der Waals surface area (Å²) in [5.41, 5.74) is 0. The molecule has 0 bridgehead atoms. The van der Waals surface area contributed by atoms with Gasteiger partial charge in [0.05, 0.1) is 6.42 Å². The summed E-state index contributed by atoms with van der Waals surface area (Å²) < 4.78 is 16.6. The molecule has 0 aliphatic carbocycles. The average molecular weight is 849 g/mol. The predicted molar refractivity (Wildman–Crippen MR) is 261 cm³/mol. The Bertz CT molecular complexity index is 1200. The third-order valence-electron chi connectivity index (χ3n) is 10.4. The average Bonchev–Trinajstić information content (AvgIpc) is 3.26. The molecule has 0 spiro atoms. The third-order valence-corrected chi connectivity index (χ3v) is 10.4. The summed E-state index contributed by atoms with van der Waals surface area (Å²) in [6.45, 7) is 6.37. The number of hydrogen-bond acceptors (Lipinski definition) is 6. The molecule has 0 rings (SSSR count). The Morgan fingerprint density at radius 3 is 1.08 bits per heavy atom. The highest BCUT2D eigenvalue weighted by Gasteiger charge is 2.19. The highest BCUT2D eigenvalue weighted by Crippen LogP contribution is 2.13. The Morgan fingerprint density at radius 2 is 0.689 bits per heavy atom. The highest BCUT2D eigenvalue weighted by atomic mass is 16.6. The molecule has 0 radical (unpaired) electrons. The number of carbonyl (C=O) groups excluding carboxylic acids is 3. The minimum atomic E-state index is -0.829. The number of allylic oxidation sites excluding steroid dienone is 13. The summed E-state index contributed by atoms with van der Waals surface area (Å²) in [6.07, 6.45) is 63.3. The van der Waals surface area contributed by atoms with Crippen molar-refractivity contribution >= 4 is 17.9 Å². The second-order valence-corrected chi connectivity index (χ2v) is 16.4. The molecule has 0 aromatic carbocycles. The van der Waals surface area contributed by atoms with Gasteiger partial charge in [0.15, 0.2) is 6.10 Å². The van der Waals surface area contributed by atoms with E-state index in [0.29, 0.717) is 12.8 Å². The van der Waals surface area contributed by atoms with Gasteiger partial charge in [-0.25, -0.2) is 0 Å². The molecular formula is C55H92O6. The van der Waals surface area contributed by atoms with Crippen LogP contribution in [-0.4, -0.2) is 37.2 Å². The predicted octanol–water partition coefficient (Wildman–Crippen LogP) is 16.4. The van der Waals surface area contributed by atoms with Crippen LogP contribution in [0.5, 0.6) is 0 Å². The van der Waals surface area contributed by atoms with Gasteiger partial charge in [-0.15, -0.1) is 0 Å². The lowest BCUT2D eigenvalue weighted by atomic mass is 10.1. The van der Waals surface area contributed by atoms with E-state index in [1.165, 1.54) is 109 Å². The third kappa shape index (κ3) is 47.5. The van der Waals surface area contributed by atoms with Gasteiger partial charge in [0.25, 0.3) is 0 Å². The van der Waals surface area contributed by atoms with Gasteiger partial charge in [0.1, 0.15) is 13.2 Å². The van der Waals surface area contributed by atoms with Crippen molar-refractivity contribution in [2.75, 3.05) is 13.2 Å². The van der Waals surface area contributed by atoms with E-state index in [4.69, 9.17) is 14.2 Å². The fraction of sp³-hybridized carbons (Fsp3) is 0.691. The lowest BCUT2D eigenvalue weighted by Crippen LogP contribution is -2.30. The van der Waals surface area contributed by atoms with Gasteiger partial charge in [-0.05, 0) is 77.0 Å². The fourth-order valence-corrected chi connectivity index (χ4v) is 6.66. The topological polar surface area (TPSA) is 78.9 Å². The lowest BCUT2D eigenvalue weighted by Gasteiger charge is -2.18. The summed E-state index contributed by atoms with van der Waals surface area (Å²) in [5.74, 6) is -1.06. The number of carbonyl (C=O) groups is 3. The van der Waals surface area contributed by atoms with Crippen LogP contribution < -0.4 is 0 Å². The first-order valence-corrected chi connectivity index (χ1v) is 25.1. The number of unbranched alkanes of at least 4 members (excludes halogenated alkanes) is 20. The maximum atomic E-state index is 12.7. The van der Waals surface area contributed by atoms with Crippen LogP contribution in [0.4, 0.5) is 0 Å². The van der Waals surface area contributed by atoms with Gasteiger partial charge >= 0.3 is 17.9 Å². The maximum Gasteiger partial charge on any atom is 0.310 e.